The number of hydrogen-bond acceptors (Lipinski definition) is 9. The van der Waals surface area contributed by atoms with Crippen LogP contribution in [0.15, 0.2) is 42.9 Å². The lowest BCUT2D eigenvalue weighted by Gasteiger charge is -2.09. The highest BCUT2D eigenvalue weighted by molar-refractivity contribution is 7.98. The fraction of sp³-hybridized carbons (Fsp3) is 0.542. The number of aliphatic carboxylic acids is 1. The number of carboxylic acids is 1. The number of rotatable bonds is 8. The zero-order chi connectivity index (χ0) is 29.6. The fourth-order valence-corrected chi connectivity index (χ4v) is 3.11. The highest BCUT2D eigenvalue weighted by Crippen LogP contribution is 2.27. The minimum atomic E-state index is -4.80. The molecule has 7 N–H and O–H groups in total. The van der Waals surface area contributed by atoms with Crippen molar-refractivity contribution in [2.24, 2.45) is 0 Å². The largest absolute Gasteiger partial charge is 0.501 e. The topological polar surface area (TPSA) is 150 Å². The SMILES string of the molecule is CC(=O)O.CCO/C=C/C(=O)C(F)(F)F.CSC/C=C/N1CCCC1.CSCc1ccc(C(F)(F)F)nc1.N.N. The fourth-order valence-electron chi connectivity index (χ4n) is 2.32. The van der Waals surface area contributed by atoms with Crippen LogP contribution >= 0.6 is 23.5 Å². The second-order valence-corrected chi connectivity index (χ2v) is 8.98. The Balaban J connectivity index is -0.000000224. The van der Waals surface area contributed by atoms with Gasteiger partial charge >= 0.3 is 12.4 Å². The summed E-state index contributed by atoms with van der Waals surface area (Å²) in [7, 11) is 0. The molecule has 0 amide bonds. The first-order chi connectivity index (χ1) is 17.7. The van der Waals surface area contributed by atoms with Crippen LogP contribution in [0.2, 0.25) is 0 Å². The molecule has 0 aromatic carbocycles. The molecule has 16 heteroatoms. The third-order valence-electron chi connectivity index (χ3n) is 3.91. The van der Waals surface area contributed by atoms with Gasteiger partial charge in [-0.05, 0) is 50.1 Å². The van der Waals surface area contributed by atoms with Crippen LogP contribution in [-0.4, -0.2) is 70.9 Å². The van der Waals surface area contributed by atoms with E-state index in [-0.39, 0.29) is 18.9 Å². The number of carbonyl (C=O) groups excluding carboxylic acids is 1. The van der Waals surface area contributed by atoms with Gasteiger partial charge in [-0.15, -0.1) is 0 Å². The first kappa shape index (κ1) is 44.6. The van der Waals surface area contributed by atoms with E-state index in [1.165, 1.54) is 38.2 Å². The van der Waals surface area contributed by atoms with E-state index >= 15 is 0 Å². The lowest BCUT2D eigenvalue weighted by molar-refractivity contribution is -0.165. The van der Waals surface area contributed by atoms with Crippen molar-refractivity contribution < 1.29 is 45.8 Å². The summed E-state index contributed by atoms with van der Waals surface area (Å²) in [6, 6.07) is 2.46. The van der Waals surface area contributed by atoms with E-state index in [0.29, 0.717) is 11.8 Å². The molecule has 1 fully saturated rings. The van der Waals surface area contributed by atoms with Crippen LogP contribution in [0.1, 0.15) is 37.9 Å². The molecule has 1 saturated heterocycles. The van der Waals surface area contributed by atoms with Crippen molar-refractivity contribution in [3.63, 3.8) is 0 Å². The molecule has 234 valence electrons. The number of halogens is 6. The molecule has 0 aliphatic carbocycles. The summed E-state index contributed by atoms with van der Waals surface area (Å²) < 4.78 is 74.8. The van der Waals surface area contributed by atoms with Crippen molar-refractivity contribution in [3.8, 4) is 0 Å². The second-order valence-electron chi connectivity index (χ2n) is 7.20. The maximum absolute atomic E-state index is 12.0. The molecule has 1 aliphatic rings. The maximum Gasteiger partial charge on any atom is 0.454 e. The molecule has 1 aromatic rings. The van der Waals surface area contributed by atoms with Gasteiger partial charge in [0.1, 0.15) is 5.69 Å². The number of ether oxygens (including phenoxy) is 1. The molecule has 0 radical (unpaired) electrons. The number of carboxylic acid groups (broad SMARTS) is 1. The normalized spacial score (nSPS) is 12.5. The van der Waals surface area contributed by atoms with Crippen molar-refractivity contribution in [2.75, 3.05) is 38.0 Å². The number of thioether (sulfide) groups is 2. The van der Waals surface area contributed by atoms with Crippen LogP contribution in [0.5, 0.6) is 0 Å². The molecule has 0 saturated carbocycles. The number of likely N-dealkylation sites (tertiary alicyclic amines) is 1. The Morgan fingerprint density at radius 3 is 2.00 bits per heavy atom. The van der Waals surface area contributed by atoms with Crippen LogP contribution in [0, 0.1) is 0 Å². The Bertz CT molecular complexity index is 830. The van der Waals surface area contributed by atoms with Gasteiger partial charge in [0.15, 0.2) is 0 Å². The number of ketones is 1. The van der Waals surface area contributed by atoms with E-state index in [1.807, 2.05) is 18.0 Å². The average Bonchev–Trinajstić information content (AvgIpc) is 3.33. The Labute approximate surface area is 240 Å². The standard InChI is InChI=1S/C8H8F3NS.C8H15NS.C6H7F3O2.C2H4O2.2H3N/c1-13-5-6-2-3-7(12-4-6)8(9,10)11;1-10-8-4-7-9-5-2-3-6-9;1-2-11-4-3-5(10)6(7,8)9;1-2(3)4;;/h2-4H,5H2,1H3;4,7H,2-3,5-6,8H2,1H3;3-4H,2H2,1H3;1H3,(H,3,4);2*1H3/b;7-4+;4-3+;;;. The molecule has 1 aromatic heterocycles. The Kier molecular flexibility index (Phi) is 28.5. The van der Waals surface area contributed by atoms with Crippen LogP contribution in [0.25, 0.3) is 0 Å². The van der Waals surface area contributed by atoms with Crippen molar-refractivity contribution in [1.82, 2.24) is 22.2 Å². The molecule has 1 aliphatic heterocycles. The van der Waals surface area contributed by atoms with Crippen LogP contribution < -0.4 is 12.3 Å². The van der Waals surface area contributed by atoms with E-state index in [1.54, 1.807) is 18.7 Å². The first-order valence-corrected chi connectivity index (χ1v) is 14.0. The molecule has 40 heavy (non-hydrogen) atoms. The van der Waals surface area contributed by atoms with Gasteiger partial charge in [0.05, 0.1) is 12.9 Å². The lowest BCUT2D eigenvalue weighted by Crippen LogP contribution is -2.19. The maximum atomic E-state index is 12.0. The summed E-state index contributed by atoms with van der Waals surface area (Å²) in [4.78, 5) is 24.8. The molecule has 2 heterocycles. The monoisotopic (exact) mass is 626 g/mol. The number of pyridine rings is 1. The zero-order valence-electron chi connectivity index (χ0n) is 23.1. The number of allylic oxidation sites excluding steroid dienone is 1. The van der Waals surface area contributed by atoms with Gasteiger partial charge in [-0.25, -0.2) is 0 Å². The summed E-state index contributed by atoms with van der Waals surface area (Å²) in [6.07, 6.45) is 4.48. The molecule has 0 bridgehead atoms. The van der Waals surface area contributed by atoms with E-state index in [0.717, 1.165) is 30.6 Å². The van der Waals surface area contributed by atoms with E-state index < -0.39 is 29.8 Å². The molecule has 0 atom stereocenters. The van der Waals surface area contributed by atoms with Gasteiger partial charge in [-0.2, -0.15) is 49.9 Å². The van der Waals surface area contributed by atoms with Gasteiger partial charge in [-0.1, -0.05) is 12.1 Å². The summed E-state index contributed by atoms with van der Waals surface area (Å²) >= 11 is 3.42. The Morgan fingerprint density at radius 1 is 1.07 bits per heavy atom. The van der Waals surface area contributed by atoms with Crippen LogP contribution in [-0.2, 0) is 26.3 Å². The average molecular weight is 627 g/mol. The van der Waals surface area contributed by atoms with Crippen molar-refractivity contribution in [3.05, 3.63) is 54.2 Å². The summed E-state index contributed by atoms with van der Waals surface area (Å²) in [5.74, 6) is -0.910. The highest BCUT2D eigenvalue weighted by atomic mass is 32.2. The van der Waals surface area contributed by atoms with Gasteiger partial charge in [-0.3, -0.25) is 14.6 Å². The Hall–Kier alpha value is -2.43. The number of alkyl halides is 6. The van der Waals surface area contributed by atoms with Crippen molar-refractivity contribution >= 4 is 35.3 Å². The summed E-state index contributed by atoms with van der Waals surface area (Å²) in [5, 5.41) is 7.42. The third kappa shape index (κ3) is 27.1. The smallest absolute Gasteiger partial charge is 0.454 e. The molecular formula is C24H40F6N4O4S2. The Morgan fingerprint density at radius 2 is 1.62 bits per heavy atom. The molecule has 2 rings (SSSR count). The number of carbonyl (C=O) groups is 2. The molecule has 0 spiro atoms. The van der Waals surface area contributed by atoms with Crippen molar-refractivity contribution in [2.45, 2.75) is 44.8 Å². The number of hydrogen-bond donors (Lipinski definition) is 3. The van der Waals surface area contributed by atoms with Gasteiger partial charge in [0, 0.05) is 43.8 Å². The quantitative estimate of drug-likeness (QED) is 0.156. The van der Waals surface area contributed by atoms with Crippen molar-refractivity contribution in [1.29, 1.82) is 0 Å². The molecule has 0 unspecified atom stereocenters. The summed E-state index contributed by atoms with van der Waals surface area (Å²) in [5.41, 5.74) is -0.0298. The molecule has 8 nitrogen and oxygen atoms in total. The van der Waals surface area contributed by atoms with Crippen LogP contribution in [0.4, 0.5) is 26.3 Å². The third-order valence-corrected chi connectivity index (χ3v) is 5.06. The predicted molar refractivity (Wildman–Crippen MR) is 150 cm³/mol. The van der Waals surface area contributed by atoms with Gasteiger partial charge in [0.25, 0.3) is 11.8 Å². The number of nitrogens with zero attached hydrogens (tertiary/aromatic N) is 2. The second kappa shape index (κ2) is 25.5. The van der Waals surface area contributed by atoms with E-state index in [4.69, 9.17) is 9.90 Å². The first-order valence-electron chi connectivity index (χ1n) is 11.2. The highest BCUT2D eigenvalue weighted by Gasteiger charge is 2.36. The lowest BCUT2D eigenvalue weighted by atomic mass is 10.3. The van der Waals surface area contributed by atoms with E-state index in [2.05, 4.69) is 33.2 Å². The summed E-state index contributed by atoms with van der Waals surface area (Å²) in [6.45, 7) is 5.46. The zero-order valence-corrected chi connectivity index (χ0v) is 24.7. The van der Waals surface area contributed by atoms with Crippen LogP contribution in [0.3, 0.4) is 0 Å². The minimum absolute atomic E-state index is 0. The van der Waals surface area contributed by atoms with Gasteiger partial charge in [0.2, 0.25) is 0 Å². The number of aromatic nitrogens is 1. The predicted octanol–water partition coefficient (Wildman–Crippen LogP) is 7.01. The van der Waals surface area contributed by atoms with Gasteiger partial charge < -0.3 is 27.0 Å². The minimum Gasteiger partial charge on any atom is -0.501 e. The molecular weight excluding hydrogens is 586 g/mol. The van der Waals surface area contributed by atoms with E-state index in [9.17, 15) is 31.1 Å².